The largest absolute Gasteiger partial charge is 0.493 e. The Balaban J connectivity index is 1.53. The first-order valence-electron chi connectivity index (χ1n) is 9.09. The summed E-state index contributed by atoms with van der Waals surface area (Å²) in [5.41, 5.74) is 3.01. The van der Waals surface area contributed by atoms with Gasteiger partial charge in [-0.25, -0.2) is 4.98 Å². The van der Waals surface area contributed by atoms with Crippen molar-refractivity contribution in [2.24, 2.45) is 0 Å². The van der Waals surface area contributed by atoms with Crippen molar-refractivity contribution in [2.75, 3.05) is 14.2 Å². The third kappa shape index (κ3) is 4.71. The molecule has 3 aromatic rings. The number of carbonyl (C=O) groups is 1. The Morgan fingerprint density at radius 3 is 2.61 bits per heavy atom. The highest BCUT2D eigenvalue weighted by Gasteiger charge is 2.12. The summed E-state index contributed by atoms with van der Waals surface area (Å²) in [6.07, 6.45) is 2.42. The summed E-state index contributed by atoms with van der Waals surface area (Å²) in [6, 6.07) is 13.6. The van der Waals surface area contributed by atoms with Gasteiger partial charge in [0.05, 0.1) is 20.4 Å². The highest BCUT2D eigenvalue weighted by atomic mass is 16.5. The van der Waals surface area contributed by atoms with Crippen molar-refractivity contribution in [3.8, 4) is 22.8 Å². The standard InChI is InChI=1S/C22H24N2O4/c1-15-7-9-16(10-8-15)19-14-24-21(28-19)12-11-20(25)23-13-17-5-4-6-18(26-2)22(17)27-3/h4-10,14H,11-13H2,1-3H3,(H,23,25). The smallest absolute Gasteiger partial charge is 0.220 e. The van der Waals surface area contributed by atoms with Gasteiger partial charge in [0.15, 0.2) is 23.1 Å². The van der Waals surface area contributed by atoms with Gasteiger partial charge in [-0.2, -0.15) is 0 Å². The lowest BCUT2D eigenvalue weighted by Crippen LogP contribution is -2.23. The average molecular weight is 380 g/mol. The van der Waals surface area contributed by atoms with Crippen LogP contribution in [0.25, 0.3) is 11.3 Å². The molecule has 0 bridgehead atoms. The maximum Gasteiger partial charge on any atom is 0.220 e. The van der Waals surface area contributed by atoms with E-state index >= 15 is 0 Å². The molecule has 1 amide bonds. The molecule has 1 aromatic heterocycles. The second-order valence-corrected chi connectivity index (χ2v) is 6.41. The minimum absolute atomic E-state index is 0.0834. The number of hydrogen-bond donors (Lipinski definition) is 1. The van der Waals surface area contributed by atoms with Gasteiger partial charge < -0.3 is 19.2 Å². The number of carbonyl (C=O) groups excluding carboxylic acids is 1. The van der Waals surface area contributed by atoms with Crippen LogP contribution in [0.4, 0.5) is 0 Å². The molecule has 28 heavy (non-hydrogen) atoms. The zero-order chi connectivity index (χ0) is 19.9. The van der Waals surface area contributed by atoms with Gasteiger partial charge in [-0.3, -0.25) is 4.79 Å². The molecule has 3 rings (SSSR count). The summed E-state index contributed by atoms with van der Waals surface area (Å²) < 4.78 is 16.4. The highest BCUT2D eigenvalue weighted by molar-refractivity contribution is 5.76. The topological polar surface area (TPSA) is 73.6 Å². The number of benzene rings is 2. The van der Waals surface area contributed by atoms with Crippen LogP contribution >= 0.6 is 0 Å². The lowest BCUT2D eigenvalue weighted by Gasteiger charge is -2.13. The number of ether oxygens (including phenoxy) is 2. The van der Waals surface area contributed by atoms with Crippen LogP contribution in [0.5, 0.6) is 11.5 Å². The molecule has 0 radical (unpaired) electrons. The molecular formula is C22H24N2O4. The number of nitrogens with zero attached hydrogens (tertiary/aromatic N) is 1. The maximum atomic E-state index is 12.2. The molecule has 0 unspecified atom stereocenters. The van der Waals surface area contributed by atoms with E-state index in [1.54, 1.807) is 20.4 Å². The predicted octanol–water partition coefficient (Wildman–Crippen LogP) is 3.92. The van der Waals surface area contributed by atoms with Crippen LogP contribution in [0, 0.1) is 6.92 Å². The number of oxazole rings is 1. The van der Waals surface area contributed by atoms with Gasteiger partial charge in [0.2, 0.25) is 5.91 Å². The third-order valence-corrected chi connectivity index (χ3v) is 4.42. The second-order valence-electron chi connectivity index (χ2n) is 6.41. The summed E-state index contributed by atoms with van der Waals surface area (Å²) in [5, 5.41) is 2.90. The first-order valence-corrected chi connectivity index (χ1v) is 9.09. The Morgan fingerprint density at radius 2 is 1.89 bits per heavy atom. The maximum absolute atomic E-state index is 12.2. The van der Waals surface area contributed by atoms with E-state index in [0.717, 1.165) is 11.1 Å². The summed E-state index contributed by atoms with van der Waals surface area (Å²) in [6.45, 7) is 2.40. The van der Waals surface area contributed by atoms with Gasteiger partial charge in [-0.1, -0.05) is 42.0 Å². The van der Waals surface area contributed by atoms with Crippen molar-refractivity contribution in [1.29, 1.82) is 0 Å². The molecule has 6 heteroatoms. The van der Waals surface area contributed by atoms with E-state index in [1.807, 2.05) is 49.4 Å². The predicted molar refractivity (Wildman–Crippen MR) is 106 cm³/mol. The number of aromatic nitrogens is 1. The SMILES string of the molecule is COc1cccc(CNC(=O)CCc2ncc(-c3ccc(C)cc3)o2)c1OC. The minimum Gasteiger partial charge on any atom is -0.493 e. The number of aryl methyl sites for hydroxylation is 2. The molecule has 0 saturated heterocycles. The molecule has 0 aliphatic carbocycles. The molecular weight excluding hydrogens is 356 g/mol. The molecule has 0 saturated carbocycles. The van der Waals surface area contributed by atoms with Crippen molar-refractivity contribution in [3.63, 3.8) is 0 Å². The molecule has 1 heterocycles. The van der Waals surface area contributed by atoms with Crippen LogP contribution < -0.4 is 14.8 Å². The van der Waals surface area contributed by atoms with E-state index in [4.69, 9.17) is 13.9 Å². The van der Waals surface area contributed by atoms with E-state index in [1.165, 1.54) is 5.56 Å². The Kier molecular flexibility index (Phi) is 6.32. The van der Waals surface area contributed by atoms with Gasteiger partial charge in [0.25, 0.3) is 0 Å². The average Bonchev–Trinajstić information content (AvgIpc) is 3.19. The lowest BCUT2D eigenvalue weighted by atomic mass is 10.1. The first kappa shape index (κ1) is 19.5. The zero-order valence-corrected chi connectivity index (χ0v) is 16.3. The highest BCUT2D eigenvalue weighted by Crippen LogP contribution is 2.30. The molecule has 1 N–H and O–H groups in total. The van der Waals surface area contributed by atoms with Crippen LogP contribution in [0.15, 0.2) is 53.1 Å². The molecule has 0 aliphatic heterocycles. The Bertz CT molecular complexity index is 932. The van der Waals surface area contributed by atoms with Crippen molar-refractivity contribution in [1.82, 2.24) is 10.3 Å². The molecule has 2 aromatic carbocycles. The van der Waals surface area contributed by atoms with Gasteiger partial charge in [-0.15, -0.1) is 0 Å². The summed E-state index contributed by atoms with van der Waals surface area (Å²) in [7, 11) is 3.17. The van der Waals surface area contributed by atoms with E-state index < -0.39 is 0 Å². The molecule has 0 aliphatic rings. The van der Waals surface area contributed by atoms with Gasteiger partial charge in [0.1, 0.15) is 0 Å². The van der Waals surface area contributed by atoms with Crippen LogP contribution in [0.3, 0.4) is 0 Å². The van der Waals surface area contributed by atoms with E-state index in [9.17, 15) is 4.79 Å². The fourth-order valence-corrected chi connectivity index (χ4v) is 2.87. The number of methoxy groups -OCH3 is 2. The Morgan fingerprint density at radius 1 is 1.11 bits per heavy atom. The van der Waals surface area contributed by atoms with Crippen molar-refractivity contribution in [3.05, 3.63) is 65.7 Å². The Hall–Kier alpha value is -3.28. The fourth-order valence-electron chi connectivity index (χ4n) is 2.87. The number of rotatable bonds is 8. The van der Waals surface area contributed by atoms with Crippen LogP contribution in [-0.2, 0) is 17.8 Å². The zero-order valence-electron chi connectivity index (χ0n) is 16.3. The minimum atomic E-state index is -0.0834. The number of hydrogen-bond acceptors (Lipinski definition) is 5. The van der Waals surface area contributed by atoms with Crippen LogP contribution in [0.2, 0.25) is 0 Å². The third-order valence-electron chi connectivity index (χ3n) is 4.42. The normalized spacial score (nSPS) is 10.5. The van der Waals surface area contributed by atoms with Gasteiger partial charge in [0, 0.05) is 30.5 Å². The summed E-state index contributed by atoms with van der Waals surface area (Å²) in [5.74, 6) is 2.43. The quantitative estimate of drug-likeness (QED) is 0.641. The van der Waals surface area contributed by atoms with Gasteiger partial charge in [-0.05, 0) is 13.0 Å². The lowest BCUT2D eigenvalue weighted by molar-refractivity contribution is -0.121. The summed E-state index contributed by atoms with van der Waals surface area (Å²) >= 11 is 0. The van der Waals surface area contributed by atoms with E-state index in [2.05, 4.69) is 10.3 Å². The summed E-state index contributed by atoms with van der Waals surface area (Å²) in [4.78, 5) is 16.5. The van der Waals surface area contributed by atoms with Crippen molar-refractivity contribution >= 4 is 5.91 Å². The Labute approximate surface area is 164 Å². The monoisotopic (exact) mass is 380 g/mol. The number of nitrogens with one attached hydrogen (secondary N) is 1. The molecule has 6 nitrogen and oxygen atoms in total. The van der Waals surface area contributed by atoms with Crippen molar-refractivity contribution in [2.45, 2.75) is 26.3 Å². The molecule has 146 valence electrons. The molecule has 0 spiro atoms. The van der Waals surface area contributed by atoms with Gasteiger partial charge >= 0.3 is 0 Å². The van der Waals surface area contributed by atoms with Crippen molar-refractivity contribution < 1.29 is 18.7 Å². The van der Waals surface area contributed by atoms with Crippen LogP contribution in [-0.4, -0.2) is 25.1 Å². The number of para-hydroxylation sites is 1. The number of amides is 1. The van der Waals surface area contributed by atoms with E-state index in [-0.39, 0.29) is 5.91 Å². The van der Waals surface area contributed by atoms with E-state index in [0.29, 0.717) is 42.5 Å². The second kappa shape index (κ2) is 9.08. The fraction of sp³-hybridized carbons (Fsp3) is 0.273. The van der Waals surface area contributed by atoms with Crippen LogP contribution in [0.1, 0.15) is 23.4 Å². The first-order chi connectivity index (χ1) is 13.6. The molecule has 0 atom stereocenters. The molecule has 0 fully saturated rings.